The van der Waals surface area contributed by atoms with Crippen molar-refractivity contribution >= 4 is 61.6 Å². The number of primary amides is 2. The van der Waals surface area contributed by atoms with Gasteiger partial charge in [0.15, 0.2) is 0 Å². The number of thioether (sulfide) groups is 1. The van der Waals surface area contributed by atoms with E-state index in [2.05, 4.69) is 71.6 Å². The first kappa shape index (κ1) is 22.5. The highest BCUT2D eigenvalue weighted by molar-refractivity contribution is 8.00. The van der Waals surface area contributed by atoms with Crippen molar-refractivity contribution < 1.29 is 9.59 Å². The molecule has 4 aromatic rings. The van der Waals surface area contributed by atoms with Crippen LogP contribution in [0, 0.1) is 5.92 Å². The van der Waals surface area contributed by atoms with Gasteiger partial charge in [0.1, 0.15) is 0 Å². The maximum atomic E-state index is 12.3. The van der Waals surface area contributed by atoms with Crippen molar-refractivity contribution in [3.05, 3.63) is 66.7 Å². The Labute approximate surface area is 203 Å². The molecule has 1 aliphatic heterocycles. The van der Waals surface area contributed by atoms with Crippen LogP contribution in [-0.4, -0.2) is 35.9 Å². The molecule has 2 unspecified atom stereocenters. The Morgan fingerprint density at radius 3 is 2.41 bits per heavy atom. The second kappa shape index (κ2) is 9.55. The van der Waals surface area contributed by atoms with Crippen LogP contribution in [0.15, 0.2) is 66.7 Å². The molecule has 6 heteroatoms. The third-order valence-corrected chi connectivity index (χ3v) is 8.27. The van der Waals surface area contributed by atoms with Crippen molar-refractivity contribution in [2.24, 2.45) is 17.4 Å². The van der Waals surface area contributed by atoms with E-state index in [0.29, 0.717) is 12.8 Å². The highest BCUT2D eigenvalue weighted by atomic mass is 32.2. The number of fused-ring (bicyclic) bond motifs is 5. The molecular formula is C28H29N3O2S. The maximum Gasteiger partial charge on any atom is 0.221 e. The van der Waals surface area contributed by atoms with E-state index >= 15 is 0 Å². The van der Waals surface area contributed by atoms with Gasteiger partial charge in [-0.05, 0) is 45.8 Å². The first-order valence-corrected chi connectivity index (χ1v) is 12.8. The van der Waals surface area contributed by atoms with Gasteiger partial charge >= 0.3 is 0 Å². The van der Waals surface area contributed by atoms with Gasteiger partial charge in [-0.3, -0.25) is 9.59 Å². The van der Waals surface area contributed by atoms with Gasteiger partial charge in [0, 0.05) is 41.6 Å². The van der Waals surface area contributed by atoms with Gasteiger partial charge in [-0.1, -0.05) is 60.7 Å². The second-order valence-corrected chi connectivity index (χ2v) is 10.4. The topological polar surface area (TPSA) is 89.4 Å². The summed E-state index contributed by atoms with van der Waals surface area (Å²) in [4.78, 5) is 25.8. The number of hydrogen-bond acceptors (Lipinski definition) is 4. The van der Waals surface area contributed by atoms with Gasteiger partial charge in [0.25, 0.3) is 0 Å². The first-order chi connectivity index (χ1) is 16.5. The quantitative estimate of drug-likeness (QED) is 0.378. The molecule has 2 atom stereocenters. The van der Waals surface area contributed by atoms with E-state index in [1.807, 2.05) is 11.8 Å². The summed E-state index contributed by atoms with van der Waals surface area (Å²) in [5, 5.41) is 7.58. The third-order valence-electron chi connectivity index (χ3n) is 6.95. The van der Waals surface area contributed by atoms with Crippen LogP contribution in [0.5, 0.6) is 0 Å². The van der Waals surface area contributed by atoms with E-state index in [-0.39, 0.29) is 29.4 Å². The van der Waals surface area contributed by atoms with Crippen LogP contribution in [-0.2, 0) is 9.59 Å². The van der Waals surface area contributed by atoms with Crippen LogP contribution in [0.3, 0.4) is 0 Å². The summed E-state index contributed by atoms with van der Waals surface area (Å²) in [5.74, 6) is 0.0321. The zero-order valence-electron chi connectivity index (χ0n) is 19.1. The number of hydrogen-bond donors (Lipinski definition) is 2. The number of nitrogens with two attached hydrogens (primary N) is 2. The van der Waals surface area contributed by atoms with Crippen LogP contribution in [0.1, 0.15) is 19.3 Å². The lowest BCUT2D eigenvalue weighted by Crippen LogP contribution is -2.45. The molecule has 4 aromatic carbocycles. The minimum Gasteiger partial charge on any atom is -0.370 e. The van der Waals surface area contributed by atoms with Crippen LogP contribution in [0.4, 0.5) is 5.69 Å². The lowest BCUT2D eigenvalue weighted by molar-refractivity contribution is -0.122. The Bertz CT molecular complexity index is 1390. The van der Waals surface area contributed by atoms with E-state index in [4.69, 9.17) is 11.5 Å². The highest BCUT2D eigenvalue weighted by Crippen LogP contribution is 2.38. The Kier molecular flexibility index (Phi) is 6.33. The normalized spacial score (nSPS) is 17.3. The predicted octanol–water partition coefficient (Wildman–Crippen LogP) is 4.83. The Hall–Kier alpha value is -3.25. The molecule has 2 amide bonds. The fraction of sp³-hybridized carbons (Fsp3) is 0.286. The minimum absolute atomic E-state index is 0.0961. The Balaban J connectivity index is 1.48. The summed E-state index contributed by atoms with van der Waals surface area (Å²) in [7, 11) is 0. The summed E-state index contributed by atoms with van der Waals surface area (Å²) < 4.78 is 0. The average Bonchev–Trinajstić information content (AvgIpc) is 2.85. The summed E-state index contributed by atoms with van der Waals surface area (Å²) >= 11 is 1.81. The van der Waals surface area contributed by atoms with Crippen molar-refractivity contribution in [1.82, 2.24) is 0 Å². The zero-order chi connectivity index (χ0) is 23.7. The van der Waals surface area contributed by atoms with Crippen LogP contribution >= 0.6 is 11.8 Å². The average molecular weight is 472 g/mol. The molecule has 4 N–H and O–H groups in total. The molecule has 5 rings (SSSR count). The number of anilines is 1. The van der Waals surface area contributed by atoms with E-state index < -0.39 is 0 Å². The standard InChI is InChI=1S/C28H29N3O2S/c29-27(32)10-4-8-24(28(30)33)26-17-31(15-16-34-26)25-9-3-7-20-22-12-11-18-5-1-2-6-19(18)21(22)13-14-23(20)25/h1-3,5-7,9,11-14,24,26H,4,8,10,15-17H2,(H2,29,32)(H2,30,33). The number of nitrogens with zero attached hydrogens (tertiary/aromatic N) is 1. The molecule has 0 aromatic heterocycles. The SMILES string of the molecule is NC(=O)CCCC(C(N)=O)C1CN(c2cccc3c2ccc2c4ccccc4ccc32)CCS1. The summed E-state index contributed by atoms with van der Waals surface area (Å²) in [5.41, 5.74) is 12.3. The lowest BCUT2D eigenvalue weighted by atomic mass is 9.95. The fourth-order valence-electron chi connectivity index (χ4n) is 5.26. The van der Waals surface area contributed by atoms with Crippen molar-refractivity contribution in [3.8, 4) is 0 Å². The zero-order valence-corrected chi connectivity index (χ0v) is 19.9. The van der Waals surface area contributed by atoms with Crippen molar-refractivity contribution in [3.63, 3.8) is 0 Å². The molecule has 5 nitrogen and oxygen atoms in total. The van der Waals surface area contributed by atoms with Gasteiger partial charge in [-0.25, -0.2) is 0 Å². The molecule has 0 aliphatic carbocycles. The van der Waals surface area contributed by atoms with E-state index in [1.165, 1.54) is 38.0 Å². The number of benzene rings is 4. The van der Waals surface area contributed by atoms with E-state index in [0.717, 1.165) is 18.8 Å². The fourth-order valence-corrected chi connectivity index (χ4v) is 6.68. The Morgan fingerprint density at radius 2 is 1.59 bits per heavy atom. The molecule has 174 valence electrons. The van der Waals surface area contributed by atoms with Gasteiger partial charge in [0.05, 0.1) is 5.92 Å². The summed E-state index contributed by atoms with van der Waals surface area (Å²) in [6, 6.07) is 23.9. The molecule has 0 spiro atoms. The molecular weight excluding hydrogens is 442 g/mol. The van der Waals surface area contributed by atoms with Gasteiger partial charge in [-0.15, -0.1) is 0 Å². The minimum atomic E-state index is -0.336. The number of carbonyl (C=O) groups excluding carboxylic acids is 2. The van der Waals surface area contributed by atoms with Crippen LogP contribution in [0.2, 0.25) is 0 Å². The monoisotopic (exact) mass is 471 g/mol. The summed E-state index contributed by atoms with van der Waals surface area (Å²) in [6.07, 6.45) is 1.47. The molecule has 0 bridgehead atoms. The smallest absolute Gasteiger partial charge is 0.221 e. The summed E-state index contributed by atoms with van der Waals surface area (Å²) in [6.45, 7) is 1.67. The van der Waals surface area contributed by atoms with Gasteiger partial charge < -0.3 is 16.4 Å². The van der Waals surface area contributed by atoms with Crippen molar-refractivity contribution in [2.75, 3.05) is 23.7 Å². The Morgan fingerprint density at radius 1 is 0.882 bits per heavy atom. The van der Waals surface area contributed by atoms with Crippen molar-refractivity contribution in [1.29, 1.82) is 0 Å². The second-order valence-electron chi connectivity index (χ2n) is 9.04. The van der Waals surface area contributed by atoms with Crippen molar-refractivity contribution in [2.45, 2.75) is 24.5 Å². The molecule has 34 heavy (non-hydrogen) atoms. The molecule has 0 saturated carbocycles. The molecule has 0 radical (unpaired) electrons. The first-order valence-electron chi connectivity index (χ1n) is 11.8. The van der Waals surface area contributed by atoms with Crippen LogP contribution < -0.4 is 16.4 Å². The van der Waals surface area contributed by atoms with E-state index in [1.54, 1.807) is 0 Å². The predicted molar refractivity (Wildman–Crippen MR) is 143 cm³/mol. The van der Waals surface area contributed by atoms with Crippen LogP contribution in [0.25, 0.3) is 32.3 Å². The molecule has 1 heterocycles. The lowest BCUT2D eigenvalue weighted by Gasteiger charge is -2.37. The third kappa shape index (κ3) is 4.30. The van der Waals surface area contributed by atoms with E-state index in [9.17, 15) is 9.59 Å². The number of amides is 2. The number of rotatable bonds is 7. The molecule has 1 fully saturated rings. The highest BCUT2D eigenvalue weighted by Gasteiger charge is 2.32. The van der Waals surface area contributed by atoms with Gasteiger partial charge in [-0.2, -0.15) is 11.8 Å². The maximum absolute atomic E-state index is 12.3. The molecule has 1 saturated heterocycles. The largest absolute Gasteiger partial charge is 0.370 e. The molecule has 1 aliphatic rings. The van der Waals surface area contributed by atoms with Gasteiger partial charge in [0.2, 0.25) is 11.8 Å². The number of carbonyl (C=O) groups is 2.